The number of hydrogen-bond acceptors (Lipinski definition) is 10. The molecule has 0 aromatic rings. The van der Waals surface area contributed by atoms with Crippen molar-refractivity contribution in [3.63, 3.8) is 0 Å². The lowest BCUT2D eigenvalue weighted by molar-refractivity contribution is -0.192. The highest BCUT2D eigenvalue weighted by atomic mass is 19.4. The summed E-state index contributed by atoms with van der Waals surface area (Å²) in [4.78, 5) is 71.8. The number of nitrogens with zero attached hydrogens (tertiary/aromatic N) is 3. The van der Waals surface area contributed by atoms with Gasteiger partial charge in [0.2, 0.25) is 23.6 Å². The van der Waals surface area contributed by atoms with Gasteiger partial charge in [-0.1, -0.05) is 0 Å². The molecular weight excluding hydrogens is 459 g/mol. The maximum absolute atomic E-state index is 12.2. The van der Waals surface area contributed by atoms with E-state index in [0.717, 1.165) is 4.90 Å². The number of rotatable bonds is 6. The van der Waals surface area contributed by atoms with Gasteiger partial charge in [-0.25, -0.2) is 9.69 Å². The molecule has 2 heterocycles. The predicted molar refractivity (Wildman–Crippen MR) is 101 cm³/mol. The molecule has 0 aliphatic carbocycles. The van der Waals surface area contributed by atoms with Crippen LogP contribution < -0.4 is 11.1 Å². The molecule has 2 aliphatic rings. The van der Waals surface area contributed by atoms with Crippen molar-refractivity contribution in [2.75, 3.05) is 39.5 Å². The summed E-state index contributed by atoms with van der Waals surface area (Å²) in [6, 6.07) is -0.484. The van der Waals surface area contributed by atoms with Gasteiger partial charge in [0.15, 0.2) is 6.73 Å². The first-order valence-electron chi connectivity index (χ1n) is 9.47. The maximum Gasteiger partial charge on any atom is 0.490 e. The maximum atomic E-state index is 12.2. The zero-order valence-electron chi connectivity index (χ0n) is 17.8. The third kappa shape index (κ3) is 8.39. The Labute approximate surface area is 185 Å². The standard InChI is InChI=1S/C15H23N5O6.C2HF3O2/c1-9(18-4-11(21)17-12(22)5-18)10(2)19-6-13(23)20(14(24)7-19)8-26-15(25)3-16;3-2(4,5)1(6)7/h9-10H,3-8,16H2,1-2H3,(H,17,21,22);(H,6,7). The first kappa shape index (κ1) is 27.9. The number of carboxylic acid groups (broad SMARTS) is 1. The van der Waals surface area contributed by atoms with Crippen LogP contribution in [-0.4, -0.2) is 113 Å². The lowest BCUT2D eigenvalue weighted by Gasteiger charge is -2.41. The lowest BCUT2D eigenvalue weighted by Crippen LogP contribution is -2.62. The van der Waals surface area contributed by atoms with Crippen LogP contribution in [0, 0.1) is 0 Å². The normalized spacial score (nSPS) is 19.9. The molecule has 4 N–H and O–H groups in total. The predicted octanol–water partition coefficient (Wildman–Crippen LogP) is -2.51. The second-order valence-corrected chi connectivity index (χ2v) is 7.13. The molecule has 0 spiro atoms. The highest BCUT2D eigenvalue weighted by Crippen LogP contribution is 2.16. The van der Waals surface area contributed by atoms with Crippen LogP contribution in [0.15, 0.2) is 0 Å². The van der Waals surface area contributed by atoms with Crippen LogP contribution in [-0.2, 0) is 33.5 Å². The van der Waals surface area contributed by atoms with Crippen molar-refractivity contribution in [2.24, 2.45) is 5.73 Å². The second-order valence-electron chi connectivity index (χ2n) is 7.13. The SMILES string of the molecule is CC(C(C)N1CC(=O)N(COC(=O)CN)C(=O)C1)N1CC(=O)NC(=O)C1.O=C(O)C(F)(F)F. The number of hydrogen-bond donors (Lipinski definition) is 3. The Morgan fingerprint density at radius 2 is 1.39 bits per heavy atom. The van der Waals surface area contributed by atoms with E-state index in [1.54, 1.807) is 9.80 Å². The van der Waals surface area contributed by atoms with Crippen LogP contribution in [0.2, 0.25) is 0 Å². The van der Waals surface area contributed by atoms with E-state index in [1.165, 1.54) is 0 Å². The lowest BCUT2D eigenvalue weighted by atomic mass is 10.1. The largest absolute Gasteiger partial charge is 0.490 e. The van der Waals surface area contributed by atoms with Crippen LogP contribution >= 0.6 is 0 Å². The zero-order valence-corrected chi connectivity index (χ0v) is 17.8. The van der Waals surface area contributed by atoms with Gasteiger partial charge in [0.05, 0.1) is 32.7 Å². The van der Waals surface area contributed by atoms with E-state index < -0.39 is 36.7 Å². The number of esters is 1. The van der Waals surface area contributed by atoms with Gasteiger partial charge in [0.1, 0.15) is 0 Å². The minimum absolute atomic E-state index is 0.0363. The number of nitrogens with two attached hydrogens (primary N) is 1. The van der Waals surface area contributed by atoms with E-state index in [-0.39, 0.29) is 56.6 Å². The highest BCUT2D eigenvalue weighted by Gasteiger charge is 2.39. The molecule has 33 heavy (non-hydrogen) atoms. The Morgan fingerprint density at radius 3 is 1.76 bits per heavy atom. The molecule has 2 fully saturated rings. The zero-order chi connectivity index (χ0) is 25.5. The molecule has 0 aromatic heterocycles. The van der Waals surface area contributed by atoms with Crippen LogP contribution in [0.3, 0.4) is 0 Å². The number of piperazine rings is 2. The highest BCUT2D eigenvalue weighted by molar-refractivity contribution is 6.00. The number of alkyl halides is 3. The van der Waals surface area contributed by atoms with Crippen LogP contribution in [0.5, 0.6) is 0 Å². The van der Waals surface area contributed by atoms with Crippen LogP contribution in [0.4, 0.5) is 13.2 Å². The Hall–Kier alpha value is -3.11. The van der Waals surface area contributed by atoms with Crippen molar-refractivity contribution in [1.29, 1.82) is 0 Å². The summed E-state index contributed by atoms with van der Waals surface area (Å²) < 4.78 is 36.5. The monoisotopic (exact) mass is 483 g/mol. The Balaban J connectivity index is 0.000000675. The van der Waals surface area contributed by atoms with Crippen molar-refractivity contribution in [1.82, 2.24) is 20.0 Å². The summed E-state index contributed by atoms with van der Waals surface area (Å²) in [5.74, 6) is -5.19. The Kier molecular flexibility index (Phi) is 9.87. The van der Waals surface area contributed by atoms with Crippen molar-refractivity contribution in [3.8, 4) is 0 Å². The molecule has 0 aromatic carbocycles. The molecular formula is C17H24F3N5O8. The number of imide groups is 2. The summed E-state index contributed by atoms with van der Waals surface area (Å²) in [5.41, 5.74) is 5.11. The minimum atomic E-state index is -5.08. The van der Waals surface area contributed by atoms with Crippen LogP contribution in [0.25, 0.3) is 0 Å². The van der Waals surface area contributed by atoms with Gasteiger partial charge < -0.3 is 15.6 Å². The molecule has 0 saturated carbocycles. The van der Waals surface area contributed by atoms with E-state index in [4.69, 9.17) is 20.4 Å². The Bertz CT molecular complexity index is 772. The number of amides is 4. The van der Waals surface area contributed by atoms with E-state index in [2.05, 4.69) is 5.32 Å². The van der Waals surface area contributed by atoms with Gasteiger partial charge in [-0.05, 0) is 13.8 Å². The van der Waals surface area contributed by atoms with Gasteiger partial charge in [0, 0.05) is 12.1 Å². The Morgan fingerprint density at radius 1 is 1.00 bits per heavy atom. The van der Waals surface area contributed by atoms with Crippen molar-refractivity contribution < 1.29 is 51.8 Å². The number of carboxylic acids is 1. The molecule has 13 nitrogen and oxygen atoms in total. The number of aliphatic carboxylic acids is 1. The minimum Gasteiger partial charge on any atom is -0.475 e. The second kappa shape index (κ2) is 11.7. The van der Waals surface area contributed by atoms with Gasteiger partial charge in [-0.15, -0.1) is 0 Å². The quantitative estimate of drug-likeness (QED) is 0.268. The first-order chi connectivity index (χ1) is 15.2. The van der Waals surface area contributed by atoms with Crippen molar-refractivity contribution >= 4 is 35.6 Å². The molecule has 2 rings (SSSR count). The third-order valence-corrected chi connectivity index (χ3v) is 4.86. The molecule has 2 unspecified atom stereocenters. The van der Waals surface area contributed by atoms with Gasteiger partial charge in [0.25, 0.3) is 0 Å². The van der Waals surface area contributed by atoms with E-state index in [0.29, 0.717) is 0 Å². The fraction of sp³-hybridized carbons (Fsp3) is 0.647. The van der Waals surface area contributed by atoms with Gasteiger partial charge >= 0.3 is 18.1 Å². The topological polar surface area (TPSA) is 180 Å². The fourth-order valence-electron chi connectivity index (χ4n) is 2.90. The molecule has 4 amide bonds. The van der Waals surface area contributed by atoms with E-state index >= 15 is 0 Å². The summed E-state index contributed by atoms with van der Waals surface area (Å²) in [7, 11) is 0. The number of halogens is 3. The van der Waals surface area contributed by atoms with Crippen molar-refractivity contribution in [3.05, 3.63) is 0 Å². The van der Waals surface area contributed by atoms with Gasteiger partial charge in [-0.3, -0.25) is 39.1 Å². The molecule has 0 radical (unpaired) electrons. The van der Waals surface area contributed by atoms with Crippen LogP contribution in [0.1, 0.15) is 13.8 Å². The molecule has 2 saturated heterocycles. The number of nitrogens with one attached hydrogen (secondary N) is 1. The molecule has 186 valence electrons. The summed E-state index contributed by atoms with van der Waals surface area (Å²) in [5, 5.41) is 9.36. The van der Waals surface area contributed by atoms with E-state index in [1.807, 2.05) is 13.8 Å². The molecule has 16 heteroatoms. The average molecular weight is 483 g/mol. The number of carbonyl (C=O) groups is 6. The number of ether oxygens (including phenoxy) is 1. The molecule has 0 bridgehead atoms. The van der Waals surface area contributed by atoms with Crippen molar-refractivity contribution in [2.45, 2.75) is 32.1 Å². The fourth-order valence-corrected chi connectivity index (χ4v) is 2.90. The summed E-state index contributed by atoms with van der Waals surface area (Å²) in [6.07, 6.45) is -5.08. The summed E-state index contributed by atoms with van der Waals surface area (Å²) in [6.45, 7) is 2.96. The average Bonchev–Trinajstić information content (AvgIpc) is 2.70. The van der Waals surface area contributed by atoms with E-state index in [9.17, 15) is 37.1 Å². The molecule has 2 aliphatic heterocycles. The summed E-state index contributed by atoms with van der Waals surface area (Å²) >= 11 is 0. The van der Waals surface area contributed by atoms with Gasteiger partial charge in [-0.2, -0.15) is 13.2 Å². The first-order valence-corrected chi connectivity index (χ1v) is 9.47. The molecule has 2 atom stereocenters. The number of carbonyl (C=O) groups excluding carboxylic acids is 5. The third-order valence-electron chi connectivity index (χ3n) is 4.86. The smallest absolute Gasteiger partial charge is 0.475 e.